The Morgan fingerprint density at radius 3 is 2.52 bits per heavy atom. The Morgan fingerprint density at radius 2 is 1.83 bits per heavy atom. The summed E-state index contributed by atoms with van der Waals surface area (Å²) in [6.07, 6.45) is 6.26. The summed E-state index contributed by atoms with van der Waals surface area (Å²) in [5, 5.41) is 2.81. The number of carbonyl (C=O) groups excluding carboxylic acids is 1. The smallest absolute Gasteiger partial charge is 0.332 e. The lowest BCUT2D eigenvalue weighted by Crippen LogP contribution is -2.37. The maximum absolute atomic E-state index is 12.5. The maximum atomic E-state index is 12.5. The van der Waals surface area contributed by atoms with E-state index in [-0.39, 0.29) is 29.7 Å². The van der Waals surface area contributed by atoms with Gasteiger partial charge in [-0.3, -0.25) is 18.7 Å². The second-order valence-electron chi connectivity index (χ2n) is 7.35. The van der Waals surface area contributed by atoms with Gasteiger partial charge in [-0.05, 0) is 49.9 Å². The number of amides is 1. The molecule has 0 aliphatic heterocycles. The highest BCUT2D eigenvalue weighted by Gasteiger charge is 2.17. The van der Waals surface area contributed by atoms with E-state index in [0.717, 1.165) is 23.2 Å². The van der Waals surface area contributed by atoms with Crippen LogP contribution < -0.4 is 21.3 Å². The molecule has 1 N–H and O–H groups in total. The van der Waals surface area contributed by atoms with Gasteiger partial charge in [-0.25, -0.2) is 9.78 Å². The third-order valence-corrected chi connectivity index (χ3v) is 5.27. The van der Waals surface area contributed by atoms with E-state index >= 15 is 0 Å². The largest absolute Gasteiger partial charge is 0.490 e. The van der Waals surface area contributed by atoms with E-state index in [4.69, 9.17) is 4.74 Å². The van der Waals surface area contributed by atoms with E-state index in [2.05, 4.69) is 10.3 Å². The lowest BCUT2D eigenvalue weighted by molar-refractivity contribution is -0.116. The molecule has 0 spiro atoms. The highest BCUT2D eigenvalue weighted by molar-refractivity contribution is 5.91. The van der Waals surface area contributed by atoms with Gasteiger partial charge >= 0.3 is 5.69 Å². The molecule has 1 aromatic carbocycles. The molecule has 9 nitrogen and oxygen atoms in total. The number of hydrogen-bond donors (Lipinski definition) is 1. The van der Waals surface area contributed by atoms with Crippen molar-refractivity contribution in [1.82, 2.24) is 18.7 Å². The van der Waals surface area contributed by atoms with Crippen LogP contribution in [-0.2, 0) is 25.4 Å². The summed E-state index contributed by atoms with van der Waals surface area (Å²) in [5.41, 5.74) is 0.154. The predicted octanol–water partition coefficient (Wildman–Crippen LogP) is 1.39. The fourth-order valence-corrected chi connectivity index (χ4v) is 3.69. The summed E-state index contributed by atoms with van der Waals surface area (Å²) in [6, 6.07) is 7.26. The van der Waals surface area contributed by atoms with Crippen LogP contribution in [0, 0.1) is 0 Å². The van der Waals surface area contributed by atoms with Crippen molar-refractivity contribution in [3.05, 3.63) is 51.4 Å². The average Bonchev–Trinajstić information content (AvgIpc) is 3.36. The van der Waals surface area contributed by atoms with Gasteiger partial charge in [0.1, 0.15) is 12.3 Å². The van der Waals surface area contributed by atoms with Crippen LogP contribution in [0.2, 0.25) is 0 Å². The Kier molecular flexibility index (Phi) is 4.96. The Morgan fingerprint density at radius 1 is 1.14 bits per heavy atom. The van der Waals surface area contributed by atoms with Crippen LogP contribution >= 0.6 is 0 Å². The molecule has 0 saturated heterocycles. The Hall–Kier alpha value is -3.36. The van der Waals surface area contributed by atoms with Crippen LogP contribution in [0.15, 0.2) is 40.2 Å². The quantitative estimate of drug-likeness (QED) is 0.701. The first kappa shape index (κ1) is 19.0. The van der Waals surface area contributed by atoms with Crippen molar-refractivity contribution in [3.63, 3.8) is 0 Å². The Balaban J connectivity index is 1.47. The molecule has 29 heavy (non-hydrogen) atoms. The average molecular weight is 397 g/mol. The molecule has 2 aromatic heterocycles. The molecule has 2 heterocycles. The minimum Gasteiger partial charge on any atom is -0.490 e. The van der Waals surface area contributed by atoms with Gasteiger partial charge in [-0.15, -0.1) is 0 Å². The number of nitrogens with zero attached hydrogens (tertiary/aromatic N) is 4. The van der Waals surface area contributed by atoms with E-state index in [1.165, 1.54) is 42.4 Å². The number of anilines is 1. The lowest BCUT2D eigenvalue weighted by atomic mass is 10.2. The molecule has 1 amide bonds. The number of ether oxygens (including phenoxy) is 1. The number of rotatable bonds is 5. The molecule has 0 atom stereocenters. The maximum Gasteiger partial charge on any atom is 0.332 e. The van der Waals surface area contributed by atoms with Crippen LogP contribution in [0.1, 0.15) is 25.7 Å². The molecule has 1 aliphatic carbocycles. The number of carbonyl (C=O) groups is 1. The molecular weight excluding hydrogens is 374 g/mol. The Labute approximate surface area is 166 Å². The van der Waals surface area contributed by atoms with Gasteiger partial charge in [-0.2, -0.15) is 0 Å². The molecule has 1 saturated carbocycles. The van der Waals surface area contributed by atoms with Crippen molar-refractivity contribution < 1.29 is 9.53 Å². The van der Waals surface area contributed by atoms with Gasteiger partial charge in [0.15, 0.2) is 11.2 Å². The molecule has 1 fully saturated rings. The monoisotopic (exact) mass is 397 g/mol. The minimum atomic E-state index is -0.484. The second kappa shape index (κ2) is 7.57. The topological polar surface area (TPSA) is 100 Å². The highest BCUT2D eigenvalue weighted by atomic mass is 16.5. The lowest BCUT2D eigenvalue weighted by Gasteiger charge is -2.13. The number of fused-ring (bicyclic) bond motifs is 1. The van der Waals surface area contributed by atoms with Crippen molar-refractivity contribution in [2.24, 2.45) is 14.1 Å². The van der Waals surface area contributed by atoms with E-state index in [1.54, 1.807) is 12.1 Å². The number of aromatic nitrogens is 4. The summed E-state index contributed by atoms with van der Waals surface area (Å²) >= 11 is 0. The first-order valence-corrected chi connectivity index (χ1v) is 9.61. The van der Waals surface area contributed by atoms with Crippen LogP contribution in [0.25, 0.3) is 11.2 Å². The van der Waals surface area contributed by atoms with Crippen LogP contribution in [0.3, 0.4) is 0 Å². The fraction of sp³-hybridized carbons (Fsp3) is 0.400. The first-order valence-electron chi connectivity index (χ1n) is 9.61. The van der Waals surface area contributed by atoms with Crippen molar-refractivity contribution in [1.29, 1.82) is 0 Å². The molecule has 0 radical (unpaired) electrons. The zero-order chi connectivity index (χ0) is 20.5. The van der Waals surface area contributed by atoms with E-state index < -0.39 is 11.2 Å². The molecule has 0 bridgehead atoms. The number of benzene rings is 1. The third-order valence-electron chi connectivity index (χ3n) is 5.27. The Bertz CT molecular complexity index is 1170. The predicted molar refractivity (Wildman–Crippen MR) is 108 cm³/mol. The summed E-state index contributed by atoms with van der Waals surface area (Å²) in [7, 11) is 2.94. The minimum absolute atomic E-state index is 0.0930. The number of aryl methyl sites for hydroxylation is 1. The zero-order valence-corrected chi connectivity index (χ0v) is 16.4. The van der Waals surface area contributed by atoms with Crippen molar-refractivity contribution in [2.75, 3.05) is 5.32 Å². The summed E-state index contributed by atoms with van der Waals surface area (Å²) in [6.45, 7) is -0.0930. The van der Waals surface area contributed by atoms with Gasteiger partial charge in [0.25, 0.3) is 5.56 Å². The molecule has 0 unspecified atom stereocenters. The molecule has 152 valence electrons. The molecule has 1 aliphatic rings. The summed E-state index contributed by atoms with van der Waals surface area (Å²) in [4.78, 5) is 41.0. The summed E-state index contributed by atoms with van der Waals surface area (Å²) in [5.74, 6) is 0.490. The van der Waals surface area contributed by atoms with Crippen molar-refractivity contribution in [2.45, 2.75) is 38.3 Å². The number of hydrogen-bond acceptors (Lipinski definition) is 5. The van der Waals surface area contributed by atoms with Crippen molar-refractivity contribution >= 4 is 22.8 Å². The van der Waals surface area contributed by atoms with Gasteiger partial charge in [0, 0.05) is 19.8 Å². The zero-order valence-electron chi connectivity index (χ0n) is 16.4. The van der Waals surface area contributed by atoms with Gasteiger partial charge < -0.3 is 14.6 Å². The fourth-order valence-electron chi connectivity index (χ4n) is 3.69. The van der Waals surface area contributed by atoms with E-state index in [9.17, 15) is 14.4 Å². The molecule has 4 rings (SSSR count). The summed E-state index contributed by atoms with van der Waals surface area (Å²) < 4.78 is 9.66. The van der Waals surface area contributed by atoms with Crippen LogP contribution in [-0.4, -0.2) is 30.7 Å². The van der Waals surface area contributed by atoms with Crippen molar-refractivity contribution in [3.8, 4) is 5.75 Å². The van der Waals surface area contributed by atoms with E-state index in [0.29, 0.717) is 5.69 Å². The standard InChI is InChI=1S/C20H23N5O4/c1-23-18-17(19(27)24(2)20(23)28)25(12-21-18)11-16(26)22-13-7-9-15(10-8-13)29-14-5-3-4-6-14/h7-10,12,14H,3-6,11H2,1-2H3,(H,22,26). The number of imidazole rings is 1. The normalized spacial score (nSPS) is 14.4. The van der Waals surface area contributed by atoms with Crippen LogP contribution in [0.5, 0.6) is 5.75 Å². The van der Waals surface area contributed by atoms with Gasteiger partial charge in [0.2, 0.25) is 5.91 Å². The molecular formula is C20H23N5O4. The molecule has 3 aromatic rings. The third kappa shape index (κ3) is 3.67. The van der Waals surface area contributed by atoms with Gasteiger partial charge in [-0.1, -0.05) is 0 Å². The second-order valence-corrected chi connectivity index (χ2v) is 7.35. The molecule has 9 heteroatoms. The first-order chi connectivity index (χ1) is 13.9. The number of nitrogens with one attached hydrogen (secondary N) is 1. The van der Waals surface area contributed by atoms with Gasteiger partial charge in [0.05, 0.1) is 12.4 Å². The van der Waals surface area contributed by atoms with Crippen LogP contribution in [0.4, 0.5) is 5.69 Å². The highest BCUT2D eigenvalue weighted by Crippen LogP contribution is 2.25. The van der Waals surface area contributed by atoms with E-state index in [1.807, 2.05) is 12.1 Å². The SMILES string of the molecule is Cn1c(=O)c2c(ncn2CC(=O)Nc2ccc(OC3CCCC3)cc2)n(C)c1=O.